The van der Waals surface area contributed by atoms with Gasteiger partial charge < -0.3 is 0 Å². The lowest BCUT2D eigenvalue weighted by Gasteiger charge is -2.32. The summed E-state index contributed by atoms with van der Waals surface area (Å²) in [4.78, 5) is 27.3. The molecule has 9 nitrogen and oxygen atoms in total. The molecule has 0 saturated carbocycles. The first kappa shape index (κ1) is 21.3. The van der Waals surface area contributed by atoms with Crippen molar-refractivity contribution in [2.75, 3.05) is 11.9 Å². The topological polar surface area (TPSA) is 123 Å². The van der Waals surface area contributed by atoms with Gasteiger partial charge in [-0.25, -0.2) is 13.4 Å². The summed E-state index contributed by atoms with van der Waals surface area (Å²) in [5.41, 5.74) is 0.637. The van der Waals surface area contributed by atoms with Gasteiger partial charge in [-0.2, -0.15) is 4.31 Å². The second kappa shape index (κ2) is 8.33. The summed E-state index contributed by atoms with van der Waals surface area (Å²) in [5, 5.41) is 13.9. The number of nitrogens with one attached hydrogen (secondary N) is 1. The highest BCUT2D eigenvalue weighted by molar-refractivity contribution is 7.89. The normalized spacial score (nSPS) is 17.5. The smallest absolute Gasteiger partial charge is 0.271 e. The summed E-state index contributed by atoms with van der Waals surface area (Å²) in [7, 11) is -3.60. The Balaban J connectivity index is 1.51. The average Bonchev–Trinajstić information content (AvgIpc) is 3.15. The van der Waals surface area contributed by atoms with Crippen LogP contribution >= 0.6 is 11.3 Å². The number of nitro benzene ring substituents is 1. The van der Waals surface area contributed by atoms with Gasteiger partial charge in [-0.05, 0) is 50.1 Å². The number of sulfonamides is 1. The number of piperidine rings is 1. The highest BCUT2D eigenvalue weighted by atomic mass is 32.2. The SMILES string of the molecule is CC1CCCCN1S(=O)(=O)c1ccc(C(=O)Nc2nc3cc([N+](=O)[O-])ccc3s2)cc1. The van der Waals surface area contributed by atoms with Gasteiger partial charge in [-0.1, -0.05) is 17.8 Å². The van der Waals surface area contributed by atoms with E-state index in [0.29, 0.717) is 21.9 Å². The number of carbonyl (C=O) groups excluding carboxylic acids is 1. The Morgan fingerprint density at radius 2 is 1.97 bits per heavy atom. The molecule has 11 heteroatoms. The fourth-order valence-electron chi connectivity index (χ4n) is 3.59. The van der Waals surface area contributed by atoms with Crippen LogP contribution in [0.15, 0.2) is 47.4 Å². The Hall–Kier alpha value is -2.89. The molecule has 0 spiro atoms. The number of fused-ring (bicyclic) bond motifs is 1. The maximum Gasteiger partial charge on any atom is 0.271 e. The van der Waals surface area contributed by atoms with Crippen molar-refractivity contribution in [3.63, 3.8) is 0 Å². The van der Waals surface area contributed by atoms with Gasteiger partial charge in [0.15, 0.2) is 5.13 Å². The number of rotatable bonds is 5. The summed E-state index contributed by atoms with van der Waals surface area (Å²) < 4.78 is 28.1. The molecule has 1 amide bonds. The molecule has 1 unspecified atom stereocenters. The predicted octanol–water partition coefficient (Wildman–Crippen LogP) is 4.02. The lowest BCUT2D eigenvalue weighted by atomic mass is 10.1. The van der Waals surface area contributed by atoms with Crippen molar-refractivity contribution in [2.45, 2.75) is 37.1 Å². The van der Waals surface area contributed by atoms with Gasteiger partial charge in [-0.15, -0.1) is 0 Å². The zero-order valence-electron chi connectivity index (χ0n) is 16.6. The van der Waals surface area contributed by atoms with E-state index in [0.717, 1.165) is 19.3 Å². The number of hydrogen-bond acceptors (Lipinski definition) is 7. The Bertz CT molecular complexity index is 1250. The molecule has 1 saturated heterocycles. The summed E-state index contributed by atoms with van der Waals surface area (Å²) in [6.45, 7) is 2.41. The van der Waals surface area contributed by atoms with Crippen LogP contribution in [0.1, 0.15) is 36.5 Å². The van der Waals surface area contributed by atoms with Crippen molar-refractivity contribution >= 4 is 48.3 Å². The van der Waals surface area contributed by atoms with E-state index < -0.39 is 20.9 Å². The van der Waals surface area contributed by atoms with Crippen LogP contribution in [0.3, 0.4) is 0 Å². The molecular weight excluding hydrogens is 440 g/mol. The van der Waals surface area contributed by atoms with Crippen molar-refractivity contribution in [1.29, 1.82) is 0 Å². The number of nitro groups is 1. The van der Waals surface area contributed by atoms with Crippen molar-refractivity contribution < 1.29 is 18.1 Å². The molecule has 162 valence electrons. The monoisotopic (exact) mass is 460 g/mol. The van der Waals surface area contributed by atoms with Crippen LogP contribution in [0.5, 0.6) is 0 Å². The Labute approximate surface area is 182 Å². The van der Waals surface area contributed by atoms with E-state index in [2.05, 4.69) is 10.3 Å². The number of hydrogen-bond donors (Lipinski definition) is 1. The summed E-state index contributed by atoms with van der Waals surface area (Å²) in [5.74, 6) is -0.441. The van der Waals surface area contributed by atoms with Crippen LogP contribution < -0.4 is 5.32 Å². The summed E-state index contributed by atoms with van der Waals surface area (Å²) >= 11 is 1.20. The number of benzene rings is 2. The molecule has 0 radical (unpaired) electrons. The van der Waals surface area contributed by atoms with E-state index in [4.69, 9.17) is 0 Å². The van der Waals surface area contributed by atoms with Gasteiger partial charge in [0, 0.05) is 30.3 Å². The number of anilines is 1. The maximum atomic E-state index is 12.9. The van der Waals surface area contributed by atoms with Crippen molar-refractivity contribution in [1.82, 2.24) is 9.29 Å². The quantitative estimate of drug-likeness (QED) is 0.453. The minimum atomic E-state index is -3.60. The second-order valence-corrected chi connectivity index (χ2v) is 10.3. The van der Waals surface area contributed by atoms with Crippen molar-refractivity contribution in [3.8, 4) is 0 Å². The molecule has 4 rings (SSSR count). The van der Waals surface area contributed by atoms with Crippen LogP contribution in [-0.2, 0) is 10.0 Å². The van der Waals surface area contributed by atoms with Crippen molar-refractivity contribution in [3.05, 3.63) is 58.1 Å². The molecule has 2 aromatic carbocycles. The first-order valence-electron chi connectivity index (χ1n) is 9.74. The fourth-order valence-corrected chi connectivity index (χ4v) is 6.14. The molecule has 1 atom stereocenters. The molecule has 1 aliphatic rings. The standard InChI is InChI=1S/C20H20N4O5S2/c1-13-4-2-3-11-23(13)31(28,29)16-8-5-14(6-9-16)19(25)22-20-21-17-12-15(24(26)27)7-10-18(17)30-20/h5-10,12-13H,2-4,11H2,1H3,(H,21,22,25). The molecule has 1 N–H and O–H groups in total. The average molecular weight is 461 g/mol. The lowest BCUT2D eigenvalue weighted by molar-refractivity contribution is -0.384. The first-order valence-corrected chi connectivity index (χ1v) is 12.0. The van der Waals surface area contributed by atoms with Crippen LogP contribution in [0.25, 0.3) is 10.2 Å². The van der Waals surface area contributed by atoms with Crippen LogP contribution in [-0.4, -0.2) is 41.1 Å². The van der Waals surface area contributed by atoms with Gasteiger partial charge in [0.2, 0.25) is 10.0 Å². The third kappa shape index (κ3) is 4.29. The first-order chi connectivity index (χ1) is 14.8. The molecule has 2 heterocycles. The molecule has 0 aliphatic carbocycles. The zero-order chi connectivity index (χ0) is 22.2. The highest BCUT2D eigenvalue weighted by Crippen LogP contribution is 2.29. The predicted molar refractivity (Wildman–Crippen MR) is 118 cm³/mol. The van der Waals surface area contributed by atoms with E-state index in [9.17, 15) is 23.3 Å². The Morgan fingerprint density at radius 1 is 1.23 bits per heavy atom. The summed E-state index contributed by atoms with van der Waals surface area (Å²) in [6.07, 6.45) is 2.70. The summed E-state index contributed by atoms with van der Waals surface area (Å²) in [6, 6.07) is 10.1. The molecular formula is C20H20N4O5S2. The van der Waals surface area contributed by atoms with Crippen LogP contribution in [0.4, 0.5) is 10.8 Å². The van der Waals surface area contributed by atoms with Crippen LogP contribution in [0.2, 0.25) is 0 Å². The lowest BCUT2D eigenvalue weighted by Crippen LogP contribution is -2.41. The van der Waals surface area contributed by atoms with Crippen LogP contribution in [0, 0.1) is 10.1 Å². The Kier molecular flexibility index (Phi) is 5.73. The number of carbonyl (C=O) groups is 1. The molecule has 1 aliphatic heterocycles. The van der Waals surface area contributed by atoms with Gasteiger partial charge in [0.25, 0.3) is 11.6 Å². The zero-order valence-corrected chi connectivity index (χ0v) is 18.3. The fraction of sp³-hybridized carbons (Fsp3) is 0.300. The van der Waals surface area contributed by atoms with Gasteiger partial charge >= 0.3 is 0 Å². The highest BCUT2D eigenvalue weighted by Gasteiger charge is 2.31. The third-order valence-corrected chi connectivity index (χ3v) is 8.25. The van der Waals surface area contributed by atoms with Gasteiger partial charge in [0.1, 0.15) is 0 Å². The van der Waals surface area contributed by atoms with E-state index in [-0.39, 0.29) is 22.2 Å². The maximum absolute atomic E-state index is 12.9. The number of nitrogens with zero attached hydrogens (tertiary/aromatic N) is 3. The van der Waals surface area contributed by atoms with E-state index in [1.165, 1.54) is 52.0 Å². The number of aromatic nitrogens is 1. The minimum Gasteiger partial charge on any atom is -0.298 e. The third-order valence-electron chi connectivity index (χ3n) is 5.27. The molecule has 0 bridgehead atoms. The minimum absolute atomic E-state index is 0.0448. The van der Waals surface area contributed by atoms with E-state index in [1.54, 1.807) is 6.07 Å². The van der Waals surface area contributed by atoms with E-state index in [1.807, 2.05) is 6.92 Å². The van der Waals surface area contributed by atoms with Gasteiger partial charge in [0.05, 0.1) is 20.0 Å². The largest absolute Gasteiger partial charge is 0.298 e. The second-order valence-electron chi connectivity index (χ2n) is 7.37. The Morgan fingerprint density at radius 3 is 2.65 bits per heavy atom. The molecule has 1 aromatic heterocycles. The number of thiazole rings is 1. The molecule has 31 heavy (non-hydrogen) atoms. The molecule has 3 aromatic rings. The number of non-ortho nitro benzene ring substituents is 1. The van der Waals surface area contributed by atoms with Gasteiger partial charge in [-0.3, -0.25) is 20.2 Å². The number of amides is 1. The van der Waals surface area contributed by atoms with Crippen molar-refractivity contribution in [2.24, 2.45) is 0 Å². The van der Waals surface area contributed by atoms with E-state index >= 15 is 0 Å². The molecule has 1 fully saturated rings.